The van der Waals surface area contributed by atoms with Gasteiger partial charge in [-0.3, -0.25) is 14.5 Å². The smallest absolute Gasteiger partial charge is 0.407 e. The van der Waals surface area contributed by atoms with Crippen LogP contribution in [0.1, 0.15) is 50.2 Å². The molecule has 1 aliphatic rings. The van der Waals surface area contributed by atoms with Crippen LogP contribution in [0.5, 0.6) is 0 Å². The number of fused-ring (bicyclic) bond motifs is 1. The van der Waals surface area contributed by atoms with Crippen molar-refractivity contribution in [2.45, 2.75) is 19.4 Å². The third kappa shape index (κ3) is 6.40. The monoisotopic (exact) mass is 476 g/mol. The van der Waals surface area contributed by atoms with Crippen LogP contribution in [0, 0.1) is 23.7 Å². The summed E-state index contributed by atoms with van der Waals surface area (Å²) < 4.78 is 5.15. The molecule has 0 unspecified atom stereocenters. The highest BCUT2D eigenvalue weighted by Gasteiger charge is 2.34. The Balaban J connectivity index is 1.16. The van der Waals surface area contributed by atoms with Crippen molar-refractivity contribution in [3.63, 3.8) is 0 Å². The van der Waals surface area contributed by atoms with E-state index >= 15 is 0 Å². The molecular formula is C30H24N2O4. The molecule has 0 bridgehead atoms. The molecule has 0 aliphatic carbocycles. The molecule has 0 saturated carbocycles. The number of amides is 3. The first-order valence-corrected chi connectivity index (χ1v) is 11.6. The minimum Gasteiger partial charge on any atom is -0.445 e. The first-order valence-electron chi connectivity index (χ1n) is 11.6. The van der Waals surface area contributed by atoms with Gasteiger partial charge in [-0.15, -0.1) is 0 Å². The predicted molar refractivity (Wildman–Crippen MR) is 136 cm³/mol. The molecule has 1 aliphatic heterocycles. The summed E-state index contributed by atoms with van der Waals surface area (Å²) in [5, 5.41) is 2.68. The van der Waals surface area contributed by atoms with Gasteiger partial charge in [0.2, 0.25) is 0 Å². The second kappa shape index (κ2) is 12.1. The zero-order valence-corrected chi connectivity index (χ0v) is 19.6. The maximum Gasteiger partial charge on any atom is 0.407 e. The van der Waals surface area contributed by atoms with Crippen molar-refractivity contribution < 1.29 is 19.1 Å². The molecule has 36 heavy (non-hydrogen) atoms. The first kappa shape index (κ1) is 24.3. The third-order valence-electron chi connectivity index (χ3n) is 5.42. The Kier molecular flexibility index (Phi) is 8.14. The van der Waals surface area contributed by atoms with Crippen molar-refractivity contribution in [1.29, 1.82) is 0 Å². The predicted octanol–water partition coefficient (Wildman–Crippen LogP) is 4.39. The van der Waals surface area contributed by atoms with E-state index in [1.165, 1.54) is 4.90 Å². The number of ether oxygens (including phenoxy) is 1. The lowest BCUT2D eigenvalue weighted by Gasteiger charge is -2.10. The van der Waals surface area contributed by atoms with E-state index in [2.05, 4.69) is 29.0 Å². The van der Waals surface area contributed by atoms with Crippen molar-refractivity contribution >= 4 is 17.9 Å². The zero-order valence-electron chi connectivity index (χ0n) is 19.6. The van der Waals surface area contributed by atoms with E-state index in [1.54, 1.807) is 24.3 Å². The summed E-state index contributed by atoms with van der Waals surface area (Å²) in [4.78, 5) is 37.7. The summed E-state index contributed by atoms with van der Waals surface area (Å²) in [6, 6.07) is 23.8. The molecule has 0 aromatic heterocycles. The van der Waals surface area contributed by atoms with Gasteiger partial charge in [-0.05, 0) is 42.0 Å². The number of nitrogens with zero attached hydrogens (tertiary/aromatic N) is 1. The van der Waals surface area contributed by atoms with E-state index in [0.29, 0.717) is 30.5 Å². The molecule has 0 radical (unpaired) electrons. The average molecular weight is 477 g/mol. The Morgan fingerprint density at radius 1 is 0.750 bits per heavy atom. The van der Waals surface area contributed by atoms with Gasteiger partial charge in [-0.2, -0.15) is 0 Å². The Bertz CT molecular complexity index is 1340. The highest BCUT2D eigenvalue weighted by atomic mass is 16.5. The molecular weight excluding hydrogens is 452 g/mol. The second-order valence-electron chi connectivity index (χ2n) is 7.98. The SMILES string of the molecule is O=C(NCCC#Cc1ccc(C#CCCN2C(=O)c3ccccc3C2=O)cc1)OCc1ccccc1. The van der Waals surface area contributed by atoms with Crippen molar-refractivity contribution in [2.24, 2.45) is 0 Å². The quantitative estimate of drug-likeness (QED) is 0.325. The molecule has 4 rings (SSSR count). The van der Waals surface area contributed by atoms with Crippen LogP contribution in [0.25, 0.3) is 0 Å². The molecule has 1 heterocycles. The lowest BCUT2D eigenvalue weighted by molar-refractivity contribution is 0.0657. The number of hydrogen-bond donors (Lipinski definition) is 1. The van der Waals surface area contributed by atoms with Gasteiger partial charge in [-0.1, -0.05) is 66.1 Å². The fourth-order valence-corrected chi connectivity index (χ4v) is 3.58. The minimum atomic E-state index is -0.466. The third-order valence-corrected chi connectivity index (χ3v) is 5.42. The Morgan fingerprint density at radius 2 is 1.31 bits per heavy atom. The topological polar surface area (TPSA) is 75.7 Å². The number of benzene rings is 3. The fourth-order valence-electron chi connectivity index (χ4n) is 3.58. The minimum absolute atomic E-state index is 0.233. The van der Waals surface area contributed by atoms with Gasteiger partial charge >= 0.3 is 6.09 Å². The molecule has 3 amide bonds. The number of rotatable bonds is 6. The molecule has 1 N–H and O–H groups in total. The molecule has 0 atom stereocenters. The van der Waals surface area contributed by atoms with Crippen LogP contribution >= 0.6 is 0 Å². The second-order valence-corrected chi connectivity index (χ2v) is 7.98. The van der Waals surface area contributed by atoms with Crippen LogP contribution in [0.3, 0.4) is 0 Å². The van der Waals surface area contributed by atoms with E-state index in [1.807, 2.05) is 54.6 Å². The molecule has 178 valence electrons. The number of alkyl carbamates (subject to hydrolysis) is 1. The molecule has 0 spiro atoms. The van der Waals surface area contributed by atoms with Crippen LogP contribution in [-0.2, 0) is 11.3 Å². The maximum atomic E-state index is 12.4. The number of carbonyl (C=O) groups excluding carboxylic acids is 3. The zero-order chi connectivity index (χ0) is 25.2. The molecule has 0 saturated heterocycles. The number of nitrogens with one attached hydrogen (secondary N) is 1. The molecule has 0 fully saturated rings. The summed E-state index contributed by atoms with van der Waals surface area (Å²) in [5.74, 6) is 11.6. The normalized spacial score (nSPS) is 11.6. The standard InChI is InChI=1S/C30H24N2O4/c33-28-26-14-4-5-15-27(26)29(34)32(28)21-9-7-11-24-18-16-23(17-19-24)10-6-8-20-31-30(35)36-22-25-12-2-1-3-13-25/h1-5,12-19H,8-9,20-22H2,(H,31,35). The van der Waals surface area contributed by atoms with E-state index in [-0.39, 0.29) is 25.0 Å². The molecule has 3 aromatic rings. The van der Waals surface area contributed by atoms with Gasteiger partial charge < -0.3 is 10.1 Å². The number of hydrogen-bond acceptors (Lipinski definition) is 4. The van der Waals surface area contributed by atoms with E-state index < -0.39 is 6.09 Å². The number of carbonyl (C=O) groups is 3. The van der Waals surface area contributed by atoms with Crippen molar-refractivity contribution in [2.75, 3.05) is 13.1 Å². The highest BCUT2D eigenvalue weighted by molar-refractivity contribution is 6.21. The Hall–Kier alpha value is -4.81. The lowest BCUT2D eigenvalue weighted by atomic mass is 10.1. The molecule has 6 heteroatoms. The van der Waals surface area contributed by atoms with Crippen LogP contribution in [-0.4, -0.2) is 35.9 Å². The fraction of sp³-hybridized carbons (Fsp3) is 0.167. The van der Waals surface area contributed by atoms with Gasteiger partial charge in [0.25, 0.3) is 11.8 Å². The van der Waals surface area contributed by atoms with Gasteiger partial charge in [0, 0.05) is 37.1 Å². The van der Waals surface area contributed by atoms with E-state index in [4.69, 9.17) is 4.74 Å². The van der Waals surface area contributed by atoms with Gasteiger partial charge in [0.1, 0.15) is 6.61 Å². The van der Waals surface area contributed by atoms with Gasteiger partial charge in [-0.25, -0.2) is 4.79 Å². The van der Waals surface area contributed by atoms with Crippen LogP contribution in [0.15, 0.2) is 78.9 Å². The summed E-state index contributed by atoms with van der Waals surface area (Å²) >= 11 is 0. The average Bonchev–Trinajstić information content (AvgIpc) is 3.16. The summed E-state index contributed by atoms with van der Waals surface area (Å²) in [5.41, 5.74) is 3.50. The van der Waals surface area contributed by atoms with Crippen LogP contribution in [0.4, 0.5) is 4.79 Å². The van der Waals surface area contributed by atoms with Crippen molar-refractivity contribution in [1.82, 2.24) is 10.2 Å². The van der Waals surface area contributed by atoms with Gasteiger partial charge in [0.15, 0.2) is 0 Å². The Morgan fingerprint density at radius 3 is 1.92 bits per heavy atom. The number of imide groups is 1. The lowest BCUT2D eigenvalue weighted by Crippen LogP contribution is -2.30. The molecule has 3 aromatic carbocycles. The summed E-state index contributed by atoms with van der Waals surface area (Å²) in [6.45, 7) is 0.893. The van der Waals surface area contributed by atoms with Crippen LogP contribution < -0.4 is 5.32 Å². The first-order chi connectivity index (χ1) is 17.6. The highest BCUT2D eigenvalue weighted by Crippen LogP contribution is 2.22. The van der Waals surface area contributed by atoms with Gasteiger partial charge in [0.05, 0.1) is 11.1 Å². The van der Waals surface area contributed by atoms with Crippen molar-refractivity contribution in [3.05, 3.63) is 107 Å². The van der Waals surface area contributed by atoms with E-state index in [0.717, 1.165) is 16.7 Å². The van der Waals surface area contributed by atoms with Crippen molar-refractivity contribution in [3.8, 4) is 23.7 Å². The summed E-state index contributed by atoms with van der Waals surface area (Å²) in [7, 11) is 0. The van der Waals surface area contributed by atoms with E-state index in [9.17, 15) is 14.4 Å². The largest absolute Gasteiger partial charge is 0.445 e. The maximum absolute atomic E-state index is 12.4. The summed E-state index contributed by atoms with van der Waals surface area (Å²) in [6.07, 6.45) is 0.430. The molecule has 6 nitrogen and oxygen atoms in total. The van der Waals surface area contributed by atoms with Crippen LogP contribution in [0.2, 0.25) is 0 Å². The Labute approximate surface area is 210 Å².